The van der Waals surface area contributed by atoms with Crippen molar-refractivity contribution in [2.24, 2.45) is 0 Å². The number of aliphatic hydroxyl groups is 1. The van der Waals surface area contributed by atoms with E-state index >= 15 is 0 Å². The van der Waals surface area contributed by atoms with Crippen LogP contribution in [0.15, 0.2) is 12.3 Å². The third-order valence-electron chi connectivity index (χ3n) is 5.03. The van der Waals surface area contributed by atoms with Crippen molar-refractivity contribution >= 4 is 0 Å². The van der Waals surface area contributed by atoms with Crippen molar-refractivity contribution in [2.75, 3.05) is 7.05 Å². The van der Waals surface area contributed by atoms with Gasteiger partial charge in [0, 0.05) is 18.3 Å². The zero-order valence-corrected chi connectivity index (χ0v) is 12.2. The fourth-order valence-corrected chi connectivity index (χ4v) is 4.05. The third-order valence-corrected chi connectivity index (χ3v) is 5.03. The summed E-state index contributed by atoms with van der Waals surface area (Å²) < 4.78 is 0. The van der Waals surface area contributed by atoms with Gasteiger partial charge < -0.3 is 10.0 Å². The first kappa shape index (κ1) is 13.1. The summed E-state index contributed by atoms with van der Waals surface area (Å²) in [6.07, 6.45) is 7.26. The molecular formula is C16H24N2O. The zero-order valence-electron chi connectivity index (χ0n) is 12.2. The highest BCUT2D eigenvalue weighted by Crippen LogP contribution is 2.43. The van der Waals surface area contributed by atoms with Crippen molar-refractivity contribution in [3.8, 4) is 0 Å². The molecule has 2 aliphatic rings. The zero-order chi connectivity index (χ0) is 13.6. The van der Waals surface area contributed by atoms with E-state index in [1.165, 1.54) is 19.3 Å². The Morgan fingerprint density at radius 3 is 2.47 bits per heavy atom. The van der Waals surface area contributed by atoms with E-state index < -0.39 is 5.60 Å². The number of fused-ring (bicyclic) bond motifs is 2. The average molecular weight is 260 g/mol. The Hall–Kier alpha value is -0.930. The van der Waals surface area contributed by atoms with Crippen molar-refractivity contribution < 1.29 is 5.11 Å². The van der Waals surface area contributed by atoms with Crippen LogP contribution in [-0.4, -0.2) is 34.1 Å². The van der Waals surface area contributed by atoms with Gasteiger partial charge in [-0.1, -0.05) is 12.5 Å². The Kier molecular flexibility index (Phi) is 3.14. The van der Waals surface area contributed by atoms with E-state index in [4.69, 9.17) is 0 Å². The number of aryl methyl sites for hydroxylation is 2. The van der Waals surface area contributed by atoms with Gasteiger partial charge in [0.2, 0.25) is 0 Å². The molecule has 0 spiro atoms. The summed E-state index contributed by atoms with van der Waals surface area (Å²) in [7, 11) is 2.21. The van der Waals surface area contributed by atoms with E-state index in [1.807, 2.05) is 6.20 Å². The normalized spacial score (nSPS) is 35.4. The lowest BCUT2D eigenvalue weighted by Crippen LogP contribution is -2.55. The minimum Gasteiger partial charge on any atom is -0.383 e. The molecule has 2 aliphatic heterocycles. The molecule has 1 N–H and O–H groups in total. The Morgan fingerprint density at radius 1 is 1.26 bits per heavy atom. The molecule has 2 bridgehead atoms. The standard InChI is InChI=1S/C16H24N2O/c1-11-7-12(2)15(17-10-11)16(19)8-13-5-4-6-14(9-16)18(13)3/h7,10,13-14,19H,4-6,8-9H2,1-3H3. The summed E-state index contributed by atoms with van der Waals surface area (Å²) in [5.74, 6) is 0. The molecule has 0 amide bonds. The summed E-state index contributed by atoms with van der Waals surface area (Å²) in [5, 5.41) is 11.1. The second-order valence-corrected chi connectivity index (χ2v) is 6.52. The highest BCUT2D eigenvalue weighted by Gasteiger charge is 2.46. The summed E-state index contributed by atoms with van der Waals surface area (Å²) in [4.78, 5) is 7.03. The maximum atomic E-state index is 11.1. The molecular weight excluding hydrogens is 236 g/mol. The van der Waals surface area contributed by atoms with Crippen LogP contribution < -0.4 is 0 Å². The van der Waals surface area contributed by atoms with Gasteiger partial charge in [-0.05, 0) is 57.7 Å². The van der Waals surface area contributed by atoms with Gasteiger partial charge in [0.15, 0.2) is 0 Å². The quantitative estimate of drug-likeness (QED) is 0.843. The lowest BCUT2D eigenvalue weighted by Gasteiger charge is -2.50. The smallest absolute Gasteiger partial charge is 0.110 e. The lowest BCUT2D eigenvalue weighted by molar-refractivity contribution is -0.0902. The molecule has 2 fully saturated rings. The maximum absolute atomic E-state index is 11.1. The van der Waals surface area contributed by atoms with Gasteiger partial charge in [-0.25, -0.2) is 0 Å². The first-order valence-corrected chi connectivity index (χ1v) is 7.38. The van der Waals surface area contributed by atoms with E-state index in [1.54, 1.807) is 0 Å². The number of rotatable bonds is 1. The largest absolute Gasteiger partial charge is 0.383 e. The van der Waals surface area contributed by atoms with Crippen molar-refractivity contribution in [2.45, 2.75) is 63.6 Å². The van der Waals surface area contributed by atoms with Crippen LogP contribution in [-0.2, 0) is 5.60 Å². The van der Waals surface area contributed by atoms with Crippen LogP contribution in [0.5, 0.6) is 0 Å². The Balaban J connectivity index is 1.95. The molecule has 104 valence electrons. The van der Waals surface area contributed by atoms with Gasteiger partial charge in [-0.2, -0.15) is 0 Å². The Labute approximate surface area is 115 Å². The Bertz CT molecular complexity index is 472. The average Bonchev–Trinajstić information content (AvgIpc) is 2.31. The molecule has 2 unspecified atom stereocenters. The van der Waals surface area contributed by atoms with Crippen molar-refractivity contribution in [3.05, 3.63) is 29.1 Å². The van der Waals surface area contributed by atoms with E-state index in [0.717, 1.165) is 29.7 Å². The molecule has 0 aliphatic carbocycles. The molecule has 3 rings (SSSR count). The molecule has 3 heteroatoms. The highest BCUT2D eigenvalue weighted by molar-refractivity contribution is 5.29. The predicted octanol–water partition coefficient (Wildman–Crippen LogP) is 2.53. The van der Waals surface area contributed by atoms with Crippen molar-refractivity contribution in [1.29, 1.82) is 0 Å². The summed E-state index contributed by atoms with van der Waals surface area (Å²) in [6, 6.07) is 3.16. The first-order chi connectivity index (χ1) is 8.99. The van der Waals surface area contributed by atoms with Crippen LogP contribution >= 0.6 is 0 Å². The van der Waals surface area contributed by atoms with Crippen molar-refractivity contribution in [1.82, 2.24) is 9.88 Å². The molecule has 3 heterocycles. The second kappa shape index (κ2) is 4.57. The second-order valence-electron chi connectivity index (χ2n) is 6.52. The van der Waals surface area contributed by atoms with Gasteiger partial charge in [0.25, 0.3) is 0 Å². The number of hydrogen-bond acceptors (Lipinski definition) is 3. The van der Waals surface area contributed by atoms with Crippen LogP contribution in [0.1, 0.15) is 48.9 Å². The molecule has 19 heavy (non-hydrogen) atoms. The van der Waals surface area contributed by atoms with Crippen LogP contribution in [0.25, 0.3) is 0 Å². The molecule has 3 nitrogen and oxygen atoms in total. The first-order valence-electron chi connectivity index (χ1n) is 7.38. The van der Waals surface area contributed by atoms with E-state index in [-0.39, 0.29) is 0 Å². The van der Waals surface area contributed by atoms with Crippen LogP contribution in [0, 0.1) is 13.8 Å². The van der Waals surface area contributed by atoms with Crippen molar-refractivity contribution in [3.63, 3.8) is 0 Å². The monoisotopic (exact) mass is 260 g/mol. The van der Waals surface area contributed by atoms with Gasteiger partial charge in [0.05, 0.1) is 5.69 Å². The molecule has 2 saturated heterocycles. The number of nitrogens with zero attached hydrogens (tertiary/aromatic N) is 2. The molecule has 0 radical (unpaired) electrons. The number of aromatic nitrogens is 1. The fraction of sp³-hybridized carbons (Fsp3) is 0.688. The molecule has 0 aromatic carbocycles. The van der Waals surface area contributed by atoms with Crippen LogP contribution in [0.2, 0.25) is 0 Å². The van der Waals surface area contributed by atoms with Crippen LogP contribution in [0.4, 0.5) is 0 Å². The highest BCUT2D eigenvalue weighted by atomic mass is 16.3. The fourth-order valence-electron chi connectivity index (χ4n) is 4.05. The van der Waals surface area contributed by atoms with Gasteiger partial charge in [-0.3, -0.25) is 4.98 Å². The molecule has 1 aromatic rings. The Morgan fingerprint density at radius 2 is 1.89 bits per heavy atom. The third kappa shape index (κ3) is 2.19. The molecule has 2 atom stereocenters. The summed E-state index contributed by atoms with van der Waals surface area (Å²) in [6.45, 7) is 4.12. The van der Waals surface area contributed by atoms with Crippen LogP contribution in [0.3, 0.4) is 0 Å². The minimum absolute atomic E-state index is 0.514. The van der Waals surface area contributed by atoms with Gasteiger partial charge >= 0.3 is 0 Å². The van der Waals surface area contributed by atoms with E-state index in [0.29, 0.717) is 12.1 Å². The number of pyridine rings is 1. The summed E-state index contributed by atoms with van der Waals surface area (Å²) in [5.41, 5.74) is 2.48. The lowest BCUT2D eigenvalue weighted by atomic mass is 9.73. The maximum Gasteiger partial charge on any atom is 0.110 e. The molecule has 0 saturated carbocycles. The summed E-state index contributed by atoms with van der Waals surface area (Å²) >= 11 is 0. The number of hydrogen-bond donors (Lipinski definition) is 1. The topological polar surface area (TPSA) is 36.4 Å². The van der Waals surface area contributed by atoms with E-state index in [2.05, 4.69) is 36.8 Å². The minimum atomic E-state index is -0.722. The predicted molar refractivity (Wildman–Crippen MR) is 76.0 cm³/mol. The van der Waals surface area contributed by atoms with Gasteiger partial charge in [0.1, 0.15) is 5.60 Å². The van der Waals surface area contributed by atoms with Gasteiger partial charge in [-0.15, -0.1) is 0 Å². The van der Waals surface area contributed by atoms with E-state index in [9.17, 15) is 5.11 Å². The SMILES string of the molecule is Cc1cnc(C2(O)CC3CCCC(C2)N3C)c(C)c1. The number of piperidine rings is 2. The molecule has 1 aromatic heterocycles.